The van der Waals surface area contributed by atoms with Gasteiger partial charge in [-0.3, -0.25) is 9.88 Å². The van der Waals surface area contributed by atoms with Gasteiger partial charge >= 0.3 is 0 Å². The zero-order valence-corrected chi connectivity index (χ0v) is 13.8. The van der Waals surface area contributed by atoms with Crippen molar-refractivity contribution in [2.45, 2.75) is 25.1 Å². The zero-order chi connectivity index (χ0) is 17.1. The lowest BCUT2D eigenvalue weighted by atomic mass is 10.0. The fourth-order valence-electron chi connectivity index (χ4n) is 3.27. The number of hydrogen-bond donors (Lipinski definition) is 1. The van der Waals surface area contributed by atoms with Crippen molar-refractivity contribution in [2.75, 3.05) is 20.8 Å². The number of benzene rings is 1. The van der Waals surface area contributed by atoms with E-state index in [0.29, 0.717) is 31.0 Å². The van der Waals surface area contributed by atoms with Crippen LogP contribution in [0.1, 0.15) is 23.7 Å². The van der Waals surface area contributed by atoms with Crippen molar-refractivity contribution in [3.05, 3.63) is 53.6 Å². The molecule has 0 radical (unpaired) electrons. The summed E-state index contributed by atoms with van der Waals surface area (Å²) in [6.45, 7) is 0.988. The van der Waals surface area contributed by atoms with E-state index in [1.54, 1.807) is 32.5 Å². The van der Waals surface area contributed by atoms with Crippen LogP contribution in [0.2, 0.25) is 0 Å². The highest BCUT2D eigenvalue weighted by Gasteiger charge is 2.33. The molecule has 1 aromatic heterocycles. The number of aromatic nitrogens is 1. The summed E-state index contributed by atoms with van der Waals surface area (Å²) >= 11 is 0. The first kappa shape index (κ1) is 16.7. The predicted molar refractivity (Wildman–Crippen MR) is 87.5 cm³/mol. The molecule has 0 saturated carbocycles. The van der Waals surface area contributed by atoms with E-state index in [0.717, 1.165) is 11.3 Å². The minimum absolute atomic E-state index is 0.0617. The molecule has 0 unspecified atom stereocenters. The number of β-amino-alcohol motifs (C(OH)–C–C–N with tert-alkyl or cyclic N) is 1. The minimum atomic E-state index is -0.449. The van der Waals surface area contributed by atoms with Crippen LogP contribution in [-0.2, 0) is 6.54 Å². The second-order valence-electron chi connectivity index (χ2n) is 5.88. The molecule has 0 spiro atoms. The molecule has 0 amide bonds. The summed E-state index contributed by atoms with van der Waals surface area (Å²) in [6, 6.07) is 8.20. The molecular weight excluding hydrogens is 311 g/mol. The molecule has 1 aromatic carbocycles. The topological polar surface area (TPSA) is 54.8 Å². The van der Waals surface area contributed by atoms with E-state index in [1.807, 2.05) is 6.07 Å². The van der Waals surface area contributed by atoms with Crippen molar-refractivity contribution in [3.8, 4) is 11.5 Å². The lowest BCUT2D eigenvalue weighted by Gasteiger charge is -2.25. The van der Waals surface area contributed by atoms with E-state index >= 15 is 0 Å². The number of likely N-dealkylation sites (tertiary alicyclic amines) is 1. The molecule has 1 aliphatic heterocycles. The highest BCUT2D eigenvalue weighted by molar-refractivity contribution is 5.42. The van der Waals surface area contributed by atoms with Gasteiger partial charge in [-0.2, -0.15) is 0 Å². The lowest BCUT2D eigenvalue weighted by molar-refractivity contribution is 0.171. The monoisotopic (exact) mass is 332 g/mol. The summed E-state index contributed by atoms with van der Waals surface area (Å²) < 4.78 is 24.3. The molecule has 0 aliphatic carbocycles. The third kappa shape index (κ3) is 3.34. The Bertz CT molecular complexity index is 710. The third-order valence-electron chi connectivity index (χ3n) is 4.33. The van der Waals surface area contributed by atoms with Crippen LogP contribution in [0.3, 0.4) is 0 Å². The Morgan fingerprint density at radius 2 is 2.12 bits per heavy atom. The van der Waals surface area contributed by atoms with E-state index in [2.05, 4.69) is 9.88 Å². The van der Waals surface area contributed by atoms with Gasteiger partial charge in [-0.1, -0.05) is 12.1 Å². The van der Waals surface area contributed by atoms with Crippen LogP contribution in [0.4, 0.5) is 4.39 Å². The molecule has 1 fully saturated rings. The average molecular weight is 332 g/mol. The molecule has 1 N–H and O–H groups in total. The van der Waals surface area contributed by atoms with Gasteiger partial charge in [-0.05, 0) is 24.1 Å². The number of halogens is 1. The van der Waals surface area contributed by atoms with Crippen molar-refractivity contribution >= 4 is 0 Å². The highest BCUT2D eigenvalue weighted by atomic mass is 19.1. The first-order valence-electron chi connectivity index (χ1n) is 7.85. The van der Waals surface area contributed by atoms with E-state index < -0.39 is 6.10 Å². The maximum atomic E-state index is 13.6. The maximum Gasteiger partial charge on any atom is 0.183 e. The molecule has 5 nitrogen and oxygen atoms in total. The van der Waals surface area contributed by atoms with Crippen LogP contribution in [-0.4, -0.2) is 41.9 Å². The van der Waals surface area contributed by atoms with Gasteiger partial charge in [0.2, 0.25) is 0 Å². The van der Waals surface area contributed by atoms with E-state index in [4.69, 9.17) is 9.47 Å². The van der Waals surface area contributed by atoms with Crippen LogP contribution in [0.15, 0.2) is 36.5 Å². The Kier molecular flexibility index (Phi) is 4.97. The van der Waals surface area contributed by atoms with Gasteiger partial charge in [0.25, 0.3) is 0 Å². The quantitative estimate of drug-likeness (QED) is 0.912. The molecule has 6 heteroatoms. The Labute approximate surface area is 140 Å². The largest absolute Gasteiger partial charge is 0.493 e. The van der Waals surface area contributed by atoms with Crippen molar-refractivity contribution < 1.29 is 19.0 Å². The number of ether oxygens (including phenoxy) is 2. The standard InChI is InChI=1S/C18H21FN2O3/c1-23-17-6-7-20-15(18(17)24-2)11-21-10-14(22)9-16(21)12-4-3-5-13(19)8-12/h3-8,14,16,22H,9-11H2,1-2H3/t14-,16-/m0/s1. The Morgan fingerprint density at radius 1 is 1.29 bits per heavy atom. The molecule has 128 valence electrons. The molecule has 2 aromatic rings. The minimum Gasteiger partial charge on any atom is -0.493 e. The summed E-state index contributed by atoms with van der Waals surface area (Å²) in [5.74, 6) is 0.926. The Hall–Kier alpha value is -2.18. The summed E-state index contributed by atoms with van der Waals surface area (Å²) in [6.07, 6.45) is 1.78. The van der Waals surface area contributed by atoms with Gasteiger partial charge in [-0.25, -0.2) is 4.39 Å². The van der Waals surface area contributed by atoms with Crippen LogP contribution in [0.5, 0.6) is 11.5 Å². The number of nitrogens with zero attached hydrogens (tertiary/aromatic N) is 2. The fourth-order valence-corrected chi connectivity index (χ4v) is 3.27. The second kappa shape index (κ2) is 7.15. The first-order valence-corrected chi connectivity index (χ1v) is 7.85. The summed E-state index contributed by atoms with van der Waals surface area (Å²) in [5, 5.41) is 10.1. The lowest BCUT2D eigenvalue weighted by Crippen LogP contribution is -2.25. The fraction of sp³-hybridized carbons (Fsp3) is 0.389. The third-order valence-corrected chi connectivity index (χ3v) is 4.33. The zero-order valence-electron chi connectivity index (χ0n) is 13.8. The normalized spacial score (nSPS) is 21.0. The highest BCUT2D eigenvalue weighted by Crippen LogP contribution is 2.36. The van der Waals surface area contributed by atoms with Gasteiger partial charge in [0.1, 0.15) is 11.5 Å². The number of aliphatic hydroxyl groups is 1. The van der Waals surface area contributed by atoms with Crippen molar-refractivity contribution in [2.24, 2.45) is 0 Å². The summed E-state index contributed by atoms with van der Waals surface area (Å²) in [7, 11) is 3.16. The summed E-state index contributed by atoms with van der Waals surface area (Å²) in [5.41, 5.74) is 1.58. The Balaban J connectivity index is 1.88. The smallest absolute Gasteiger partial charge is 0.183 e. The number of aliphatic hydroxyl groups excluding tert-OH is 1. The molecule has 3 rings (SSSR count). The second-order valence-corrected chi connectivity index (χ2v) is 5.88. The van der Waals surface area contributed by atoms with Crippen molar-refractivity contribution in [1.82, 2.24) is 9.88 Å². The molecule has 2 atom stereocenters. The number of pyridine rings is 1. The predicted octanol–water partition coefficient (Wildman–Crippen LogP) is 2.55. The molecule has 1 saturated heterocycles. The number of hydrogen-bond acceptors (Lipinski definition) is 5. The SMILES string of the molecule is COc1ccnc(CN2C[C@@H](O)C[C@H]2c2cccc(F)c2)c1OC. The molecule has 0 bridgehead atoms. The van der Waals surface area contributed by atoms with Crippen LogP contribution in [0.25, 0.3) is 0 Å². The molecular formula is C18H21FN2O3. The van der Waals surface area contributed by atoms with Crippen molar-refractivity contribution in [3.63, 3.8) is 0 Å². The van der Waals surface area contributed by atoms with Gasteiger partial charge in [0.15, 0.2) is 11.5 Å². The van der Waals surface area contributed by atoms with Crippen LogP contribution >= 0.6 is 0 Å². The molecule has 1 aliphatic rings. The van der Waals surface area contributed by atoms with Gasteiger partial charge in [-0.15, -0.1) is 0 Å². The Morgan fingerprint density at radius 3 is 2.83 bits per heavy atom. The van der Waals surface area contributed by atoms with E-state index in [1.165, 1.54) is 12.1 Å². The van der Waals surface area contributed by atoms with E-state index in [9.17, 15) is 9.50 Å². The average Bonchev–Trinajstić information content (AvgIpc) is 2.95. The molecule has 2 heterocycles. The number of rotatable bonds is 5. The summed E-state index contributed by atoms with van der Waals surface area (Å²) in [4.78, 5) is 6.48. The molecule has 24 heavy (non-hydrogen) atoms. The van der Waals surface area contributed by atoms with Crippen molar-refractivity contribution in [1.29, 1.82) is 0 Å². The van der Waals surface area contributed by atoms with Gasteiger partial charge in [0.05, 0.1) is 20.3 Å². The van der Waals surface area contributed by atoms with E-state index in [-0.39, 0.29) is 11.9 Å². The van der Waals surface area contributed by atoms with Gasteiger partial charge < -0.3 is 14.6 Å². The van der Waals surface area contributed by atoms with Gasteiger partial charge in [0, 0.05) is 31.4 Å². The van der Waals surface area contributed by atoms with Crippen LogP contribution in [0, 0.1) is 5.82 Å². The number of methoxy groups -OCH3 is 2. The first-order chi connectivity index (χ1) is 11.6. The van der Waals surface area contributed by atoms with Crippen LogP contribution < -0.4 is 9.47 Å². The maximum absolute atomic E-state index is 13.6.